The van der Waals surface area contributed by atoms with E-state index < -0.39 is 0 Å². The standard InChI is InChI=1S/C49H34N2O.C48H32N2O.C36H24N2O/c1-33-30-44-43-29-28-40(32-48(43)52-49(44)47(31-33)51-45-18-10-8-16-41(45)42-17-9-11-19-46(42)51)50(38-24-20-36(21-25-38)34-12-4-2-5-13-34)39-26-22-37(23-27-39)35-14-6-3-7-15-35;1-3-11-33(12-4-1)35-19-23-37(24-20-35)49(38-25-21-36(22-26-38)34-13-5-2-6-14-34)40-27-29-43-44-31-39(28-30-47(44)51-48(43)32-40)50-45-17-9-7-15-41(45)42-16-8-10-18-46(42)50;1-3-11-25(12-4-1)37(26-13-5-2-6-14-26)28-19-21-31-32-23-27(20-22-35(32)39-36(31)24-28)38-33-17-9-7-15-29(33)30-16-8-10-18-34(30)38/h2-32H,1H3;1-32H;1-24H. The first-order valence-corrected chi connectivity index (χ1v) is 48.3. The van der Waals surface area contributed by atoms with E-state index >= 15 is 0 Å². The Balaban J connectivity index is 0.000000110. The second-order valence-corrected chi connectivity index (χ2v) is 36.3. The topological polar surface area (TPSA) is 63.9 Å². The van der Waals surface area contributed by atoms with E-state index in [1.165, 1.54) is 115 Å². The molecule has 28 rings (SSSR count). The van der Waals surface area contributed by atoms with Crippen molar-refractivity contribution in [1.29, 1.82) is 0 Å². The molecule has 670 valence electrons. The maximum absolute atomic E-state index is 6.93. The summed E-state index contributed by atoms with van der Waals surface area (Å²) in [7, 11) is 0. The molecule has 9 nitrogen and oxygen atoms in total. The van der Waals surface area contributed by atoms with Crippen LogP contribution < -0.4 is 14.7 Å². The number of aromatic nitrogens is 3. The van der Waals surface area contributed by atoms with E-state index in [0.29, 0.717) is 0 Å². The van der Waals surface area contributed by atoms with Crippen molar-refractivity contribution >= 4 is 182 Å². The Labute approximate surface area is 820 Å². The third-order valence-corrected chi connectivity index (χ3v) is 27.8. The number of rotatable bonds is 16. The van der Waals surface area contributed by atoms with E-state index in [9.17, 15) is 0 Å². The highest BCUT2D eigenvalue weighted by Crippen LogP contribution is 2.48. The lowest BCUT2D eigenvalue weighted by molar-refractivity contribution is 0.666. The quantitative estimate of drug-likeness (QED) is 0.0961. The molecule has 0 saturated heterocycles. The lowest BCUT2D eigenvalue weighted by Crippen LogP contribution is -2.09. The lowest BCUT2D eigenvalue weighted by atomic mass is 10.0. The Morgan fingerprint density at radius 3 is 0.697 bits per heavy atom. The molecule has 9 heteroatoms. The van der Waals surface area contributed by atoms with Gasteiger partial charge in [0, 0.05) is 145 Å². The molecular weight excluding hydrogens is 1730 g/mol. The summed E-state index contributed by atoms with van der Waals surface area (Å²) in [5.74, 6) is 0. The van der Waals surface area contributed by atoms with E-state index in [1.807, 2.05) is 12.1 Å². The first-order chi connectivity index (χ1) is 70.3. The average Bonchev–Trinajstić information content (AvgIpc) is 1.57. The van der Waals surface area contributed by atoms with Crippen LogP contribution in [-0.2, 0) is 0 Å². The molecule has 0 spiro atoms. The van der Waals surface area contributed by atoms with Gasteiger partial charge in [-0.25, -0.2) is 0 Å². The van der Waals surface area contributed by atoms with Crippen LogP contribution in [0, 0.1) is 6.92 Å². The second kappa shape index (κ2) is 35.6. The predicted octanol–water partition coefficient (Wildman–Crippen LogP) is 37.4. The van der Waals surface area contributed by atoms with Crippen LogP contribution in [0.2, 0.25) is 0 Å². The smallest absolute Gasteiger partial charge is 0.159 e. The monoisotopic (exact) mass is 1820 g/mol. The van der Waals surface area contributed by atoms with Crippen LogP contribution in [-0.4, -0.2) is 13.7 Å². The first-order valence-electron chi connectivity index (χ1n) is 48.3. The van der Waals surface area contributed by atoms with Crippen LogP contribution in [0.15, 0.2) is 541 Å². The Bertz CT molecular complexity index is 9220. The normalized spacial score (nSPS) is 11.6. The van der Waals surface area contributed by atoms with Gasteiger partial charge < -0.3 is 41.7 Å². The van der Waals surface area contributed by atoms with E-state index in [2.05, 4.69) is 551 Å². The molecule has 28 aromatic rings. The number of furan rings is 3. The van der Waals surface area contributed by atoms with Gasteiger partial charge in [-0.05, 0) is 251 Å². The Hall–Kier alpha value is -19.0. The molecule has 142 heavy (non-hydrogen) atoms. The van der Waals surface area contributed by atoms with Gasteiger partial charge in [0.25, 0.3) is 0 Å². The molecule has 6 heterocycles. The SMILES string of the molecule is Cc1cc(-n2c3ccccc3c3ccccc32)c2oc3cc(N(c4ccc(-c5ccccc5)cc4)c4ccc(-c5ccccc5)cc4)ccc3c2c1.c1ccc(-c2ccc(N(c3ccc(-c4ccccc4)cc3)c3ccc4c(c3)oc3ccc(-n5c6ccccc6c6ccccc65)cc34)cc2)cc1.c1ccc(N(c2ccccc2)c2ccc3c(c2)oc2ccc(-n4c5ccccc5c5ccccc54)cc23)cc1. The minimum Gasteiger partial charge on any atom is -0.456 e. The number of anilines is 9. The molecular formula is C133H90N6O3. The number of aryl methyl sites for hydroxylation is 1. The van der Waals surface area contributed by atoms with E-state index in [0.717, 1.165) is 134 Å². The fourth-order valence-electron chi connectivity index (χ4n) is 21.2. The molecule has 0 fully saturated rings. The van der Waals surface area contributed by atoms with Gasteiger partial charge in [0.05, 0.1) is 38.8 Å². The van der Waals surface area contributed by atoms with Crippen LogP contribution >= 0.6 is 0 Å². The number of nitrogens with zero attached hydrogens (tertiary/aromatic N) is 6. The molecule has 0 amide bonds. The molecule has 0 saturated carbocycles. The van der Waals surface area contributed by atoms with Gasteiger partial charge in [0.1, 0.15) is 27.9 Å². The molecule has 0 aliphatic carbocycles. The van der Waals surface area contributed by atoms with Crippen LogP contribution in [0.3, 0.4) is 0 Å². The average molecular weight is 1820 g/mol. The summed E-state index contributed by atoms with van der Waals surface area (Å²) in [6, 6.07) is 187. The van der Waals surface area contributed by atoms with Gasteiger partial charge in [-0.1, -0.05) is 315 Å². The summed E-state index contributed by atoms with van der Waals surface area (Å²) in [6.07, 6.45) is 0. The highest BCUT2D eigenvalue weighted by Gasteiger charge is 2.26. The lowest BCUT2D eigenvalue weighted by Gasteiger charge is -2.26. The minimum absolute atomic E-state index is 0.854. The summed E-state index contributed by atoms with van der Waals surface area (Å²) in [6.45, 7) is 2.17. The molecule has 0 bridgehead atoms. The van der Waals surface area contributed by atoms with Crippen molar-refractivity contribution in [2.24, 2.45) is 0 Å². The van der Waals surface area contributed by atoms with Crippen LogP contribution in [0.1, 0.15) is 5.56 Å². The number of hydrogen-bond acceptors (Lipinski definition) is 6. The number of fused-ring (bicyclic) bond motifs is 18. The van der Waals surface area contributed by atoms with Crippen molar-refractivity contribution < 1.29 is 13.3 Å². The number of hydrogen-bond donors (Lipinski definition) is 0. The molecule has 0 N–H and O–H groups in total. The summed E-state index contributed by atoms with van der Waals surface area (Å²) in [5.41, 5.74) is 36.0. The summed E-state index contributed by atoms with van der Waals surface area (Å²) >= 11 is 0. The molecule has 0 radical (unpaired) electrons. The zero-order chi connectivity index (χ0) is 94.1. The minimum atomic E-state index is 0.854. The zero-order valence-corrected chi connectivity index (χ0v) is 77.6. The van der Waals surface area contributed by atoms with Crippen LogP contribution in [0.4, 0.5) is 51.2 Å². The van der Waals surface area contributed by atoms with E-state index in [-0.39, 0.29) is 0 Å². The third-order valence-electron chi connectivity index (χ3n) is 27.8. The third kappa shape index (κ3) is 15.1. The summed E-state index contributed by atoms with van der Waals surface area (Å²) in [5, 5.41) is 14.1. The molecule has 0 aliphatic heterocycles. The molecule has 6 aromatic heterocycles. The van der Waals surface area contributed by atoms with Crippen molar-refractivity contribution in [2.45, 2.75) is 6.92 Å². The van der Waals surface area contributed by atoms with Gasteiger partial charge in [-0.15, -0.1) is 0 Å². The van der Waals surface area contributed by atoms with Gasteiger partial charge in [-0.3, -0.25) is 0 Å². The fourth-order valence-corrected chi connectivity index (χ4v) is 21.2. The Kier molecular flexibility index (Phi) is 21.0. The Morgan fingerprint density at radius 2 is 0.394 bits per heavy atom. The van der Waals surface area contributed by atoms with Crippen LogP contribution in [0.25, 0.3) is 193 Å². The van der Waals surface area contributed by atoms with Crippen molar-refractivity contribution in [3.8, 4) is 61.6 Å². The number of benzene rings is 22. The summed E-state index contributed by atoms with van der Waals surface area (Å²) < 4.78 is 27.0. The highest BCUT2D eigenvalue weighted by molar-refractivity contribution is 6.16. The van der Waals surface area contributed by atoms with Crippen molar-refractivity contribution in [3.05, 3.63) is 533 Å². The largest absolute Gasteiger partial charge is 0.456 e. The van der Waals surface area contributed by atoms with Gasteiger partial charge in [-0.2, -0.15) is 0 Å². The van der Waals surface area contributed by atoms with Crippen molar-refractivity contribution in [3.63, 3.8) is 0 Å². The molecule has 22 aromatic carbocycles. The molecule has 0 unspecified atom stereocenters. The van der Waals surface area contributed by atoms with Crippen LogP contribution in [0.5, 0.6) is 0 Å². The maximum atomic E-state index is 6.93. The Morgan fingerprint density at radius 1 is 0.155 bits per heavy atom. The van der Waals surface area contributed by atoms with Crippen molar-refractivity contribution in [1.82, 2.24) is 13.7 Å². The maximum Gasteiger partial charge on any atom is 0.159 e. The highest BCUT2D eigenvalue weighted by atomic mass is 16.3. The predicted molar refractivity (Wildman–Crippen MR) is 595 cm³/mol. The second-order valence-electron chi connectivity index (χ2n) is 36.3. The van der Waals surface area contributed by atoms with Gasteiger partial charge in [0.15, 0.2) is 5.58 Å². The van der Waals surface area contributed by atoms with E-state index in [4.69, 9.17) is 13.3 Å². The van der Waals surface area contributed by atoms with Crippen molar-refractivity contribution in [2.75, 3.05) is 14.7 Å². The fraction of sp³-hybridized carbons (Fsp3) is 0.00752. The van der Waals surface area contributed by atoms with Gasteiger partial charge >= 0.3 is 0 Å². The first kappa shape index (κ1) is 83.6. The van der Waals surface area contributed by atoms with E-state index in [1.54, 1.807) is 0 Å². The molecule has 0 atom stereocenters. The zero-order valence-electron chi connectivity index (χ0n) is 77.6. The summed E-state index contributed by atoms with van der Waals surface area (Å²) in [4.78, 5) is 6.88. The number of para-hydroxylation sites is 8. The van der Waals surface area contributed by atoms with Gasteiger partial charge in [0.2, 0.25) is 0 Å². The molecule has 0 aliphatic rings.